The molecule has 2 N–H and O–H groups in total. The summed E-state index contributed by atoms with van der Waals surface area (Å²) in [6.07, 6.45) is 0.453. The monoisotopic (exact) mass is 238 g/mol. The Bertz CT molecular complexity index is 367. The molecule has 17 heavy (non-hydrogen) atoms. The highest BCUT2D eigenvalue weighted by Crippen LogP contribution is 2.17. The van der Waals surface area contributed by atoms with Crippen molar-refractivity contribution in [2.45, 2.75) is 32.6 Å². The Morgan fingerprint density at radius 3 is 2.53 bits per heavy atom. The minimum Gasteiger partial charge on any atom is -0.399 e. The lowest BCUT2D eigenvalue weighted by Gasteiger charge is -2.35. The van der Waals surface area contributed by atoms with E-state index in [-0.39, 0.29) is 18.0 Å². The second-order valence-corrected chi connectivity index (χ2v) is 4.84. The van der Waals surface area contributed by atoms with Crippen LogP contribution in [0.5, 0.6) is 0 Å². The lowest BCUT2D eigenvalue weighted by Crippen LogP contribution is -2.44. The lowest BCUT2D eigenvalue weighted by atomic mass is 10.1. The van der Waals surface area contributed by atoms with Crippen LogP contribution in [0, 0.1) is 5.82 Å². The second kappa shape index (κ2) is 5.02. The fourth-order valence-electron chi connectivity index (χ4n) is 2.44. The highest BCUT2D eigenvalue weighted by molar-refractivity contribution is 5.41. The van der Waals surface area contributed by atoms with Gasteiger partial charge >= 0.3 is 0 Å². The minimum atomic E-state index is -0.269. The molecule has 1 heterocycles. The van der Waals surface area contributed by atoms with Gasteiger partial charge in [0.05, 0.1) is 12.2 Å². The maximum Gasteiger partial charge on any atom is 0.125 e. The van der Waals surface area contributed by atoms with E-state index in [0.29, 0.717) is 5.69 Å². The summed E-state index contributed by atoms with van der Waals surface area (Å²) in [6, 6.07) is 4.71. The van der Waals surface area contributed by atoms with E-state index in [1.54, 1.807) is 6.07 Å². The Kier molecular flexibility index (Phi) is 3.64. The van der Waals surface area contributed by atoms with Crippen LogP contribution in [0.25, 0.3) is 0 Å². The van der Waals surface area contributed by atoms with Gasteiger partial charge in [0.1, 0.15) is 5.82 Å². The minimum absolute atomic E-state index is 0.227. The standard InChI is InChI=1S/C13H19FN2O/c1-9-6-16(7-10(2)17-9)8-11-3-12(14)5-13(15)4-11/h3-5,9-10H,6-8,15H2,1-2H3/t9-,10+. The third-order valence-electron chi connectivity index (χ3n) is 2.88. The molecule has 4 heteroatoms. The van der Waals surface area contributed by atoms with Crippen molar-refractivity contribution in [2.75, 3.05) is 18.8 Å². The third kappa shape index (κ3) is 3.41. The van der Waals surface area contributed by atoms with E-state index in [1.807, 2.05) is 6.07 Å². The summed E-state index contributed by atoms with van der Waals surface area (Å²) in [5.41, 5.74) is 7.04. The zero-order chi connectivity index (χ0) is 12.4. The van der Waals surface area contributed by atoms with Crippen molar-refractivity contribution >= 4 is 5.69 Å². The van der Waals surface area contributed by atoms with Gasteiger partial charge in [-0.2, -0.15) is 0 Å². The fourth-order valence-corrected chi connectivity index (χ4v) is 2.44. The first-order valence-corrected chi connectivity index (χ1v) is 5.95. The summed E-state index contributed by atoms with van der Waals surface area (Å²) in [7, 11) is 0. The van der Waals surface area contributed by atoms with E-state index < -0.39 is 0 Å². The number of ether oxygens (including phenoxy) is 1. The molecule has 0 radical (unpaired) electrons. The van der Waals surface area contributed by atoms with Gasteiger partial charge < -0.3 is 10.5 Å². The van der Waals surface area contributed by atoms with E-state index in [1.165, 1.54) is 6.07 Å². The first kappa shape index (κ1) is 12.3. The Morgan fingerprint density at radius 2 is 1.94 bits per heavy atom. The number of anilines is 1. The molecule has 0 bridgehead atoms. The molecule has 1 saturated heterocycles. The number of benzene rings is 1. The van der Waals surface area contributed by atoms with Gasteiger partial charge in [-0.25, -0.2) is 4.39 Å². The lowest BCUT2D eigenvalue weighted by molar-refractivity contribution is -0.0704. The molecule has 1 aliphatic rings. The van der Waals surface area contributed by atoms with Crippen molar-refractivity contribution in [3.63, 3.8) is 0 Å². The van der Waals surface area contributed by atoms with Gasteiger partial charge in [-0.3, -0.25) is 4.90 Å². The summed E-state index contributed by atoms with van der Waals surface area (Å²) in [5, 5.41) is 0. The molecule has 1 aliphatic heterocycles. The van der Waals surface area contributed by atoms with Crippen LogP contribution >= 0.6 is 0 Å². The van der Waals surface area contributed by atoms with Crippen LogP contribution in [0.3, 0.4) is 0 Å². The van der Waals surface area contributed by atoms with Crippen molar-refractivity contribution in [2.24, 2.45) is 0 Å². The fraction of sp³-hybridized carbons (Fsp3) is 0.538. The van der Waals surface area contributed by atoms with Crippen LogP contribution in [0.2, 0.25) is 0 Å². The normalized spacial score (nSPS) is 26.1. The quantitative estimate of drug-likeness (QED) is 0.801. The molecule has 0 aliphatic carbocycles. The Morgan fingerprint density at radius 1 is 1.29 bits per heavy atom. The molecule has 3 nitrogen and oxygen atoms in total. The molecule has 2 rings (SSSR count). The van der Waals surface area contributed by atoms with Gasteiger partial charge in [-0.15, -0.1) is 0 Å². The number of hydrogen-bond acceptors (Lipinski definition) is 3. The van der Waals surface area contributed by atoms with E-state index in [4.69, 9.17) is 10.5 Å². The van der Waals surface area contributed by atoms with E-state index in [0.717, 1.165) is 25.2 Å². The first-order chi connectivity index (χ1) is 8.02. The van der Waals surface area contributed by atoms with E-state index in [2.05, 4.69) is 18.7 Å². The zero-order valence-electron chi connectivity index (χ0n) is 10.3. The molecule has 94 valence electrons. The predicted octanol–water partition coefficient (Wildman–Crippen LogP) is 2.02. The molecule has 0 amide bonds. The number of rotatable bonds is 2. The summed E-state index contributed by atoms with van der Waals surface area (Å²) in [4.78, 5) is 2.27. The average Bonchev–Trinajstić information content (AvgIpc) is 2.13. The summed E-state index contributed by atoms with van der Waals surface area (Å²) >= 11 is 0. The number of hydrogen-bond donors (Lipinski definition) is 1. The van der Waals surface area contributed by atoms with Gasteiger partial charge in [0, 0.05) is 25.3 Å². The molecule has 0 saturated carbocycles. The van der Waals surface area contributed by atoms with Crippen LogP contribution < -0.4 is 5.73 Å². The zero-order valence-corrected chi connectivity index (χ0v) is 10.3. The first-order valence-electron chi connectivity index (χ1n) is 5.95. The molecule has 1 aromatic carbocycles. The molecule has 0 spiro atoms. The van der Waals surface area contributed by atoms with Crippen molar-refractivity contribution in [3.8, 4) is 0 Å². The van der Waals surface area contributed by atoms with Crippen molar-refractivity contribution < 1.29 is 9.13 Å². The number of morpholine rings is 1. The Hall–Kier alpha value is -1.13. The van der Waals surface area contributed by atoms with Gasteiger partial charge in [-0.05, 0) is 37.6 Å². The number of nitrogens with zero attached hydrogens (tertiary/aromatic N) is 1. The smallest absolute Gasteiger partial charge is 0.125 e. The second-order valence-electron chi connectivity index (χ2n) is 4.84. The summed E-state index contributed by atoms with van der Waals surface area (Å²) < 4.78 is 18.9. The molecular formula is C13H19FN2O. The molecular weight excluding hydrogens is 219 g/mol. The molecule has 0 unspecified atom stereocenters. The Labute approximate surface area is 101 Å². The van der Waals surface area contributed by atoms with Crippen molar-refractivity contribution in [1.29, 1.82) is 0 Å². The number of halogens is 1. The van der Waals surface area contributed by atoms with Crippen LogP contribution in [0.15, 0.2) is 18.2 Å². The molecule has 0 aromatic heterocycles. The topological polar surface area (TPSA) is 38.5 Å². The predicted molar refractivity (Wildman–Crippen MR) is 66.1 cm³/mol. The number of nitrogen functional groups attached to an aromatic ring is 1. The SMILES string of the molecule is C[C@@H]1CN(Cc2cc(N)cc(F)c2)C[C@H](C)O1. The molecule has 1 aromatic rings. The van der Waals surface area contributed by atoms with Gasteiger partial charge in [0.25, 0.3) is 0 Å². The molecule has 2 atom stereocenters. The van der Waals surface area contributed by atoms with Gasteiger partial charge in [-0.1, -0.05) is 0 Å². The highest BCUT2D eigenvalue weighted by Gasteiger charge is 2.22. The van der Waals surface area contributed by atoms with Gasteiger partial charge in [0.2, 0.25) is 0 Å². The van der Waals surface area contributed by atoms with Gasteiger partial charge in [0.15, 0.2) is 0 Å². The van der Waals surface area contributed by atoms with Crippen LogP contribution in [0.1, 0.15) is 19.4 Å². The van der Waals surface area contributed by atoms with Crippen molar-refractivity contribution in [3.05, 3.63) is 29.6 Å². The molecule has 1 fully saturated rings. The van der Waals surface area contributed by atoms with Crippen LogP contribution in [-0.4, -0.2) is 30.2 Å². The summed E-state index contributed by atoms with van der Waals surface area (Å²) in [6.45, 7) is 6.59. The van der Waals surface area contributed by atoms with E-state index in [9.17, 15) is 4.39 Å². The number of nitrogens with two attached hydrogens (primary N) is 1. The van der Waals surface area contributed by atoms with Crippen LogP contribution in [0.4, 0.5) is 10.1 Å². The van der Waals surface area contributed by atoms with E-state index >= 15 is 0 Å². The third-order valence-corrected chi connectivity index (χ3v) is 2.88. The largest absolute Gasteiger partial charge is 0.399 e. The average molecular weight is 238 g/mol. The maximum atomic E-state index is 13.2. The Balaban J connectivity index is 2.04. The van der Waals surface area contributed by atoms with Crippen LogP contribution in [-0.2, 0) is 11.3 Å². The summed E-state index contributed by atoms with van der Waals surface area (Å²) in [5.74, 6) is -0.269. The maximum absolute atomic E-state index is 13.2. The highest BCUT2D eigenvalue weighted by atomic mass is 19.1. The van der Waals surface area contributed by atoms with Crippen molar-refractivity contribution in [1.82, 2.24) is 4.90 Å².